The van der Waals surface area contributed by atoms with Crippen molar-refractivity contribution >= 4 is 17.3 Å². The first kappa shape index (κ1) is 18.8. The second-order valence-corrected chi connectivity index (χ2v) is 6.25. The van der Waals surface area contributed by atoms with Gasteiger partial charge in [-0.15, -0.1) is 24.5 Å². The van der Waals surface area contributed by atoms with Crippen LogP contribution in [0.25, 0.3) is 10.7 Å². The number of thiazole rings is 1. The summed E-state index contributed by atoms with van der Waals surface area (Å²) in [6, 6.07) is 10.6. The van der Waals surface area contributed by atoms with Gasteiger partial charge in [-0.2, -0.15) is 0 Å². The van der Waals surface area contributed by atoms with E-state index in [4.69, 9.17) is 4.74 Å². The summed E-state index contributed by atoms with van der Waals surface area (Å²) in [6.45, 7) is -0.0532. The molecule has 3 aromatic rings. The standard InChI is InChI=1S/C18H13F3N2O3S/c19-18(20,21)26-14-6-4-12(5-7-14)10-25-16(24)9-13-11-27-17(23-13)15-3-1-2-8-22-15/h1-8,11H,9-10H2. The lowest BCUT2D eigenvalue weighted by Crippen LogP contribution is -2.17. The second kappa shape index (κ2) is 8.17. The summed E-state index contributed by atoms with van der Waals surface area (Å²) in [4.78, 5) is 20.5. The number of hydrogen-bond acceptors (Lipinski definition) is 6. The molecule has 27 heavy (non-hydrogen) atoms. The Hall–Kier alpha value is -2.94. The number of aromatic nitrogens is 2. The van der Waals surface area contributed by atoms with Crippen molar-refractivity contribution in [1.82, 2.24) is 9.97 Å². The van der Waals surface area contributed by atoms with Gasteiger partial charge in [-0.3, -0.25) is 9.78 Å². The lowest BCUT2D eigenvalue weighted by atomic mass is 10.2. The molecule has 0 saturated carbocycles. The van der Waals surface area contributed by atoms with Crippen LogP contribution in [0.15, 0.2) is 54.0 Å². The van der Waals surface area contributed by atoms with E-state index in [0.717, 1.165) is 17.8 Å². The molecule has 140 valence electrons. The molecule has 3 rings (SSSR count). The molecule has 2 heterocycles. The van der Waals surface area contributed by atoms with Gasteiger partial charge in [0, 0.05) is 11.6 Å². The van der Waals surface area contributed by atoms with E-state index in [0.29, 0.717) is 16.3 Å². The first-order valence-corrected chi connectivity index (χ1v) is 8.63. The number of hydrogen-bond donors (Lipinski definition) is 0. The molecule has 0 unspecified atom stereocenters. The Morgan fingerprint density at radius 3 is 2.56 bits per heavy atom. The van der Waals surface area contributed by atoms with E-state index in [-0.39, 0.29) is 18.8 Å². The Kier molecular flexibility index (Phi) is 5.70. The van der Waals surface area contributed by atoms with E-state index >= 15 is 0 Å². The highest BCUT2D eigenvalue weighted by molar-refractivity contribution is 7.13. The molecule has 0 aliphatic heterocycles. The van der Waals surface area contributed by atoms with Gasteiger partial charge < -0.3 is 9.47 Å². The topological polar surface area (TPSA) is 61.3 Å². The molecule has 0 N–H and O–H groups in total. The molecule has 0 aliphatic carbocycles. The molecule has 0 radical (unpaired) electrons. The summed E-state index contributed by atoms with van der Waals surface area (Å²) in [7, 11) is 0. The zero-order valence-electron chi connectivity index (χ0n) is 13.8. The van der Waals surface area contributed by atoms with Crippen molar-refractivity contribution in [3.8, 4) is 16.5 Å². The van der Waals surface area contributed by atoms with Crippen LogP contribution in [0, 0.1) is 0 Å². The summed E-state index contributed by atoms with van der Waals surface area (Å²) in [5, 5.41) is 2.47. The number of pyridine rings is 1. The third-order valence-electron chi connectivity index (χ3n) is 3.32. The van der Waals surface area contributed by atoms with Gasteiger partial charge in [0.15, 0.2) is 0 Å². The van der Waals surface area contributed by atoms with Gasteiger partial charge in [0.1, 0.15) is 17.4 Å². The van der Waals surface area contributed by atoms with Gasteiger partial charge in [0.25, 0.3) is 0 Å². The maximum Gasteiger partial charge on any atom is 0.573 e. The maximum absolute atomic E-state index is 12.1. The van der Waals surface area contributed by atoms with E-state index in [9.17, 15) is 18.0 Å². The average molecular weight is 394 g/mol. The Morgan fingerprint density at radius 2 is 1.89 bits per heavy atom. The largest absolute Gasteiger partial charge is 0.573 e. The van der Waals surface area contributed by atoms with Crippen LogP contribution in [0.1, 0.15) is 11.3 Å². The summed E-state index contributed by atoms with van der Waals surface area (Å²) < 4.78 is 45.3. The predicted molar refractivity (Wildman–Crippen MR) is 92.0 cm³/mol. The van der Waals surface area contributed by atoms with Crippen LogP contribution >= 0.6 is 11.3 Å². The SMILES string of the molecule is O=C(Cc1csc(-c2ccccn2)n1)OCc1ccc(OC(F)(F)F)cc1. The van der Waals surface area contributed by atoms with Crippen LogP contribution in [0.2, 0.25) is 0 Å². The fourth-order valence-corrected chi connectivity index (χ4v) is 2.94. The number of nitrogens with zero attached hydrogens (tertiary/aromatic N) is 2. The van der Waals surface area contributed by atoms with Crippen LogP contribution in [-0.4, -0.2) is 22.3 Å². The number of rotatable bonds is 6. The zero-order valence-corrected chi connectivity index (χ0v) is 14.6. The van der Waals surface area contributed by atoms with Crippen molar-refractivity contribution in [2.45, 2.75) is 19.4 Å². The molecule has 0 spiro atoms. The molecule has 0 aliphatic rings. The lowest BCUT2D eigenvalue weighted by Gasteiger charge is -2.09. The molecule has 0 atom stereocenters. The number of carbonyl (C=O) groups excluding carboxylic acids is 1. The van der Waals surface area contributed by atoms with Gasteiger partial charge >= 0.3 is 12.3 Å². The fourth-order valence-electron chi connectivity index (χ4n) is 2.15. The van der Waals surface area contributed by atoms with Crippen LogP contribution in [0.5, 0.6) is 5.75 Å². The van der Waals surface area contributed by atoms with Crippen LogP contribution in [0.3, 0.4) is 0 Å². The smallest absolute Gasteiger partial charge is 0.461 e. The highest BCUT2D eigenvalue weighted by Gasteiger charge is 2.30. The second-order valence-electron chi connectivity index (χ2n) is 5.39. The van der Waals surface area contributed by atoms with Crippen molar-refractivity contribution in [3.05, 3.63) is 65.3 Å². The first-order chi connectivity index (χ1) is 12.9. The van der Waals surface area contributed by atoms with Crippen LogP contribution < -0.4 is 4.74 Å². The van der Waals surface area contributed by atoms with E-state index in [2.05, 4.69) is 14.7 Å². The highest BCUT2D eigenvalue weighted by Crippen LogP contribution is 2.23. The minimum atomic E-state index is -4.74. The third-order valence-corrected chi connectivity index (χ3v) is 4.23. The fraction of sp³-hybridized carbons (Fsp3) is 0.167. The number of alkyl halides is 3. The molecule has 0 saturated heterocycles. The normalized spacial score (nSPS) is 11.2. The van der Waals surface area contributed by atoms with Gasteiger partial charge in [-0.1, -0.05) is 18.2 Å². The molecular formula is C18H13F3N2O3S. The number of benzene rings is 1. The van der Waals surface area contributed by atoms with Crippen molar-refractivity contribution < 1.29 is 27.4 Å². The van der Waals surface area contributed by atoms with E-state index < -0.39 is 12.3 Å². The van der Waals surface area contributed by atoms with Crippen molar-refractivity contribution in [1.29, 1.82) is 0 Å². The van der Waals surface area contributed by atoms with E-state index in [1.165, 1.54) is 23.5 Å². The molecule has 9 heteroatoms. The molecule has 0 amide bonds. The van der Waals surface area contributed by atoms with Crippen molar-refractivity contribution in [3.63, 3.8) is 0 Å². The Balaban J connectivity index is 1.51. The molecule has 1 aromatic carbocycles. The maximum atomic E-state index is 12.1. The Bertz CT molecular complexity index is 896. The van der Waals surface area contributed by atoms with E-state index in [1.54, 1.807) is 17.6 Å². The summed E-state index contributed by atoms with van der Waals surface area (Å²) in [6.07, 6.45) is -3.08. The molecule has 2 aromatic heterocycles. The van der Waals surface area contributed by atoms with Crippen molar-refractivity contribution in [2.24, 2.45) is 0 Å². The average Bonchev–Trinajstić information content (AvgIpc) is 3.09. The molecule has 5 nitrogen and oxygen atoms in total. The van der Waals surface area contributed by atoms with Gasteiger partial charge in [-0.05, 0) is 29.8 Å². The van der Waals surface area contributed by atoms with Crippen LogP contribution in [0.4, 0.5) is 13.2 Å². The third kappa shape index (κ3) is 5.78. The molecule has 0 fully saturated rings. The Labute approximate surface area is 156 Å². The van der Waals surface area contributed by atoms with Gasteiger partial charge in [0.05, 0.1) is 17.8 Å². The first-order valence-electron chi connectivity index (χ1n) is 7.75. The van der Waals surface area contributed by atoms with E-state index in [1.807, 2.05) is 12.1 Å². The number of halogens is 3. The lowest BCUT2D eigenvalue weighted by molar-refractivity contribution is -0.274. The van der Waals surface area contributed by atoms with Gasteiger partial charge in [0.2, 0.25) is 0 Å². The number of esters is 1. The summed E-state index contributed by atoms with van der Waals surface area (Å²) in [5.41, 5.74) is 1.84. The van der Waals surface area contributed by atoms with Crippen LogP contribution in [-0.2, 0) is 22.6 Å². The highest BCUT2D eigenvalue weighted by atomic mass is 32.1. The number of carbonyl (C=O) groups is 1. The van der Waals surface area contributed by atoms with Gasteiger partial charge in [-0.25, -0.2) is 4.98 Å². The monoisotopic (exact) mass is 394 g/mol. The predicted octanol–water partition coefficient (Wildman–Crippen LogP) is 4.39. The summed E-state index contributed by atoms with van der Waals surface area (Å²) in [5.74, 6) is -0.814. The minimum Gasteiger partial charge on any atom is -0.461 e. The quantitative estimate of drug-likeness (QED) is 0.581. The molecule has 0 bridgehead atoms. The number of ether oxygens (including phenoxy) is 2. The van der Waals surface area contributed by atoms with Crippen molar-refractivity contribution in [2.75, 3.05) is 0 Å². The molecular weight excluding hydrogens is 381 g/mol. The summed E-state index contributed by atoms with van der Waals surface area (Å²) >= 11 is 1.38. The zero-order chi connectivity index (χ0) is 19.3. The Morgan fingerprint density at radius 1 is 1.11 bits per heavy atom. The minimum absolute atomic E-state index is 0.00139.